The summed E-state index contributed by atoms with van der Waals surface area (Å²) in [6.45, 7) is 2.21. The molecule has 0 radical (unpaired) electrons. The lowest BCUT2D eigenvalue weighted by molar-refractivity contribution is -0.709. The fraction of sp³-hybridized carbons (Fsp3) is 0.118. The molecule has 3 aromatic rings. The molecule has 1 unspecified atom stereocenters. The van der Waals surface area contributed by atoms with Gasteiger partial charge in [0.1, 0.15) is 24.1 Å². The van der Waals surface area contributed by atoms with Crippen LogP contribution in [0.25, 0.3) is 5.69 Å². The van der Waals surface area contributed by atoms with E-state index in [1.807, 2.05) is 6.07 Å². The van der Waals surface area contributed by atoms with Crippen molar-refractivity contribution in [1.29, 1.82) is 0 Å². The van der Waals surface area contributed by atoms with Gasteiger partial charge in [0.15, 0.2) is 0 Å². The van der Waals surface area contributed by atoms with Crippen molar-refractivity contribution in [2.45, 2.75) is 13.0 Å². The predicted octanol–water partition coefficient (Wildman–Crippen LogP) is 3.37. The highest BCUT2D eigenvalue weighted by Gasteiger charge is 2.14. The highest BCUT2D eigenvalue weighted by molar-refractivity contribution is 5.30. The zero-order valence-corrected chi connectivity index (χ0v) is 11.0. The van der Waals surface area contributed by atoms with E-state index >= 15 is 0 Å². The highest BCUT2D eigenvalue weighted by atomic mass is 15.1. The number of imidazole rings is 1. The SMILES string of the molecule is CC(c1ccccc1)[n+]1ccn(-c2ccccc2)c1. The molecule has 94 valence electrons. The van der Waals surface area contributed by atoms with Gasteiger partial charge in [-0.25, -0.2) is 9.13 Å². The molecule has 3 rings (SSSR count). The smallest absolute Gasteiger partial charge is 0.230 e. The Labute approximate surface area is 113 Å². The third-order valence-corrected chi connectivity index (χ3v) is 3.44. The highest BCUT2D eigenvalue weighted by Crippen LogP contribution is 2.12. The zero-order valence-electron chi connectivity index (χ0n) is 11.0. The second-order valence-electron chi connectivity index (χ2n) is 4.69. The quantitative estimate of drug-likeness (QED) is 0.629. The van der Waals surface area contributed by atoms with Crippen LogP contribution in [0.2, 0.25) is 0 Å². The van der Waals surface area contributed by atoms with E-state index in [2.05, 4.69) is 89.4 Å². The minimum Gasteiger partial charge on any atom is -0.230 e. The van der Waals surface area contributed by atoms with Crippen LogP contribution in [0.1, 0.15) is 18.5 Å². The van der Waals surface area contributed by atoms with Crippen molar-refractivity contribution in [3.63, 3.8) is 0 Å². The Bertz CT molecular complexity index is 641. The van der Waals surface area contributed by atoms with Crippen LogP contribution in [0, 0.1) is 0 Å². The number of benzene rings is 2. The van der Waals surface area contributed by atoms with Gasteiger partial charge in [0.25, 0.3) is 0 Å². The van der Waals surface area contributed by atoms with E-state index in [1.54, 1.807) is 0 Å². The molecule has 0 N–H and O–H groups in total. The van der Waals surface area contributed by atoms with Gasteiger partial charge >= 0.3 is 0 Å². The van der Waals surface area contributed by atoms with Gasteiger partial charge in [-0.1, -0.05) is 48.5 Å². The van der Waals surface area contributed by atoms with Crippen LogP contribution in [-0.2, 0) is 0 Å². The number of para-hydroxylation sites is 1. The standard InChI is InChI=1S/C17H17N2/c1-15(16-8-4-2-5-9-16)18-12-13-19(14-18)17-10-6-3-7-11-17/h2-15H,1H3/q+1. The third-order valence-electron chi connectivity index (χ3n) is 3.44. The summed E-state index contributed by atoms with van der Waals surface area (Å²) in [6.07, 6.45) is 6.34. The Morgan fingerprint density at radius 1 is 0.895 bits per heavy atom. The molecular formula is C17H17N2+. The molecule has 0 amide bonds. The Morgan fingerprint density at radius 2 is 1.53 bits per heavy atom. The van der Waals surface area contributed by atoms with Gasteiger partial charge in [0.05, 0.1) is 0 Å². The third kappa shape index (κ3) is 2.43. The Morgan fingerprint density at radius 3 is 2.21 bits per heavy atom. The number of rotatable bonds is 3. The summed E-state index contributed by atoms with van der Waals surface area (Å²) in [4.78, 5) is 0. The molecule has 1 heterocycles. The summed E-state index contributed by atoms with van der Waals surface area (Å²) in [5.41, 5.74) is 2.50. The van der Waals surface area contributed by atoms with Crippen molar-refractivity contribution < 1.29 is 4.57 Å². The molecule has 0 fully saturated rings. The Balaban J connectivity index is 1.90. The van der Waals surface area contributed by atoms with Crippen molar-refractivity contribution in [1.82, 2.24) is 4.57 Å². The van der Waals surface area contributed by atoms with Crippen molar-refractivity contribution in [2.24, 2.45) is 0 Å². The van der Waals surface area contributed by atoms with E-state index in [0.29, 0.717) is 6.04 Å². The molecule has 0 aliphatic heterocycles. The van der Waals surface area contributed by atoms with Crippen LogP contribution in [0.4, 0.5) is 0 Å². The van der Waals surface area contributed by atoms with Crippen LogP contribution in [0.3, 0.4) is 0 Å². The van der Waals surface area contributed by atoms with E-state index in [-0.39, 0.29) is 0 Å². The van der Waals surface area contributed by atoms with E-state index < -0.39 is 0 Å². The van der Waals surface area contributed by atoms with Gasteiger partial charge in [-0.3, -0.25) is 0 Å². The average molecular weight is 249 g/mol. The lowest BCUT2D eigenvalue weighted by atomic mass is 10.1. The summed E-state index contributed by atoms with van der Waals surface area (Å²) in [6, 6.07) is 21.3. The van der Waals surface area contributed by atoms with Gasteiger partial charge in [-0.05, 0) is 24.6 Å². The maximum Gasteiger partial charge on any atom is 0.249 e. The fourth-order valence-electron chi connectivity index (χ4n) is 2.26. The van der Waals surface area contributed by atoms with Crippen LogP contribution >= 0.6 is 0 Å². The molecule has 0 saturated heterocycles. The number of hydrogen-bond donors (Lipinski definition) is 0. The second-order valence-corrected chi connectivity index (χ2v) is 4.69. The van der Waals surface area contributed by atoms with Crippen molar-refractivity contribution in [2.75, 3.05) is 0 Å². The van der Waals surface area contributed by atoms with Gasteiger partial charge in [0.2, 0.25) is 6.33 Å². The first kappa shape index (κ1) is 11.7. The molecule has 0 spiro atoms. The van der Waals surface area contributed by atoms with E-state index in [1.165, 1.54) is 11.3 Å². The first-order chi connectivity index (χ1) is 9.34. The molecule has 2 aromatic carbocycles. The molecule has 2 heteroatoms. The van der Waals surface area contributed by atoms with Crippen LogP contribution in [-0.4, -0.2) is 4.57 Å². The number of aromatic nitrogens is 2. The molecule has 0 aliphatic rings. The molecule has 1 aromatic heterocycles. The van der Waals surface area contributed by atoms with Crippen molar-refractivity contribution >= 4 is 0 Å². The normalized spacial score (nSPS) is 12.3. The molecular weight excluding hydrogens is 232 g/mol. The van der Waals surface area contributed by atoms with Crippen LogP contribution in [0.5, 0.6) is 0 Å². The molecule has 2 nitrogen and oxygen atoms in total. The van der Waals surface area contributed by atoms with Gasteiger partial charge in [-0.15, -0.1) is 0 Å². The predicted molar refractivity (Wildman–Crippen MR) is 76.2 cm³/mol. The lowest BCUT2D eigenvalue weighted by Gasteiger charge is -2.07. The first-order valence-electron chi connectivity index (χ1n) is 6.54. The summed E-state index contributed by atoms with van der Waals surface area (Å²) < 4.78 is 4.36. The van der Waals surface area contributed by atoms with Crippen LogP contribution < -0.4 is 4.57 Å². The Kier molecular flexibility index (Phi) is 3.15. The van der Waals surface area contributed by atoms with Crippen molar-refractivity contribution in [3.8, 4) is 5.69 Å². The minimum atomic E-state index is 0.339. The summed E-state index contributed by atoms with van der Waals surface area (Å²) in [5.74, 6) is 0. The maximum absolute atomic E-state index is 2.22. The minimum absolute atomic E-state index is 0.339. The lowest BCUT2D eigenvalue weighted by Crippen LogP contribution is -2.36. The Hall–Kier alpha value is -2.35. The van der Waals surface area contributed by atoms with E-state index in [0.717, 1.165) is 0 Å². The number of hydrogen-bond acceptors (Lipinski definition) is 0. The molecule has 0 aliphatic carbocycles. The largest absolute Gasteiger partial charge is 0.249 e. The monoisotopic (exact) mass is 249 g/mol. The van der Waals surface area contributed by atoms with Gasteiger partial charge in [0, 0.05) is 0 Å². The summed E-state index contributed by atoms with van der Waals surface area (Å²) in [7, 11) is 0. The topological polar surface area (TPSA) is 8.81 Å². The van der Waals surface area contributed by atoms with Gasteiger partial charge < -0.3 is 0 Å². The molecule has 19 heavy (non-hydrogen) atoms. The van der Waals surface area contributed by atoms with E-state index in [9.17, 15) is 0 Å². The molecule has 0 saturated carbocycles. The van der Waals surface area contributed by atoms with Crippen molar-refractivity contribution in [3.05, 3.63) is 84.9 Å². The van der Waals surface area contributed by atoms with E-state index in [4.69, 9.17) is 0 Å². The summed E-state index contributed by atoms with van der Waals surface area (Å²) in [5, 5.41) is 0. The fourth-order valence-corrected chi connectivity index (χ4v) is 2.26. The maximum atomic E-state index is 2.22. The molecule has 0 bridgehead atoms. The zero-order chi connectivity index (χ0) is 13.1. The second kappa shape index (κ2) is 5.11. The molecule has 1 atom stereocenters. The van der Waals surface area contributed by atoms with Gasteiger partial charge in [-0.2, -0.15) is 0 Å². The summed E-state index contributed by atoms with van der Waals surface area (Å²) >= 11 is 0. The first-order valence-corrected chi connectivity index (χ1v) is 6.54. The number of nitrogens with zero attached hydrogens (tertiary/aromatic N) is 2. The average Bonchev–Trinajstić information content (AvgIpc) is 2.98. The van der Waals surface area contributed by atoms with Crippen LogP contribution in [0.15, 0.2) is 79.4 Å².